The molecule has 2 rings (SSSR count). The van der Waals surface area contributed by atoms with Gasteiger partial charge in [-0.05, 0) is 37.9 Å². The summed E-state index contributed by atoms with van der Waals surface area (Å²) in [6, 6.07) is 4.00. The van der Waals surface area contributed by atoms with Gasteiger partial charge in [0.1, 0.15) is 5.75 Å². The minimum Gasteiger partial charge on any atom is -0.496 e. The van der Waals surface area contributed by atoms with Crippen LogP contribution in [-0.4, -0.2) is 37.6 Å². The van der Waals surface area contributed by atoms with Gasteiger partial charge in [0.05, 0.1) is 23.7 Å². The van der Waals surface area contributed by atoms with Gasteiger partial charge in [0.2, 0.25) is 0 Å². The van der Waals surface area contributed by atoms with Gasteiger partial charge in [0.15, 0.2) is 0 Å². The van der Waals surface area contributed by atoms with E-state index in [4.69, 9.17) is 4.74 Å². The Morgan fingerprint density at radius 1 is 1.48 bits per heavy atom. The Morgan fingerprint density at radius 2 is 2.19 bits per heavy atom. The first-order valence-corrected chi connectivity index (χ1v) is 6.93. The number of methoxy groups -OCH3 is 1. The fraction of sp³-hybridized carbons (Fsp3) is 0.500. The van der Waals surface area contributed by atoms with Crippen molar-refractivity contribution in [3.63, 3.8) is 0 Å². The zero-order valence-corrected chi connectivity index (χ0v) is 11.9. The predicted octanol–water partition coefficient (Wildman–Crippen LogP) is 1.33. The van der Waals surface area contributed by atoms with Crippen LogP contribution in [-0.2, 0) is 0 Å². The zero-order chi connectivity index (χ0) is 15.2. The van der Waals surface area contributed by atoms with E-state index < -0.39 is 4.92 Å². The highest BCUT2D eigenvalue weighted by Crippen LogP contribution is 2.24. The number of nitrogens with one attached hydrogen (secondary N) is 2. The number of piperidine rings is 1. The number of rotatable bonds is 5. The number of non-ortho nitro benzene ring substituents is 1. The van der Waals surface area contributed by atoms with Gasteiger partial charge in [0.25, 0.3) is 11.6 Å². The van der Waals surface area contributed by atoms with Crippen molar-refractivity contribution < 1.29 is 14.5 Å². The molecule has 1 heterocycles. The molecule has 1 aliphatic rings. The summed E-state index contributed by atoms with van der Waals surface area (Å²) in [5.74, 6) is 0.423. The number of hydrogen-bond donors (Lipinski definition) is 2. The molecule has 0 radical (unpaired) electrons. The van der Waals surface area contributed by atoms with Crippen LogP contribution in [0.15, 0.2) is 18.2 Å². The highest BCUT2D eigenvalue weighted by Gasteiger charge is 2.18. The highest BCUT2D eigenvalue weighted by molar-refractivity contribution is 5.97. The lowest BCUT2D eigenvalue weighted by molar-refractivity contribution is -0.384. The molecule has 7 nitrogen and oxygen atoms in total. The lowest BCUT2D eigenvalue weighted by atomic mass is 9.98. The van der Waals surface area contributed by atoms with Crippen molar-refractivity contribution >= 4 is 11.6 Å². The fourth-order valence-corrected chi connectivity index (χ4v) is 2.40. The van der Waals surface area contributed by atoms with Crippen LogP contribution in [0, 0.1) is 16.0 Å². The first kappa shape index (κ1) is 15.2. The molecule has 0 saturated carbocycles. The van der Waals surface area contributed by atoms with Crippen molar-refractivity contribution in [1.82, 2.24) is 10.6 Å². The Morgan fingerprint density at radius 3 is 2.81 bits per heavy atom. The molecule has 1 aromatic rings. The fourth-order valence-electron chi connectivity index (χ4n) is 2.40. The van der Waals surface area contributed by atoms with Crippen molar-refractivity contribution in [2.24, 2.45) is 5.92 Å². The molecule has 0 atom stereocenters. The topological polar surface area (TPSA) is 93.5 Å². The molecule has 7 heteroatoms. The first-order valence-electron chi connectivity index (χ1n) is 6.93. The number of carbonyl (C=O) groups is 1. The Balaban J connectivity index is 2.02. The first-order chi connectivity index (χ1) is 10.1. The number of nitro benzene ring substituents is 1. The van der Waals surface area contributed by atoms with Crippen LogP contribution in [0.25, 0.3) is 0 Å². The molecule has 114 valence electrons. The normalized spacial score (nSPS) is 15.5. The summed E-state index contributed by atoms with van der Waals surface area (Å²) in [5, 5.41) is 16.9. The van der Waals surface area contributed by atoms with Crippen LogP contribution in [0.5, 0.6) is 5.75 Å². The summed E-state index contributed by atoms with van der Waals surface area (Å²) in [7, 11) is 1.39. The van der Waals surface area contributed by atoms with Crippen LogP contribution in [0.2, 0.25) is 0 Å². The van der Waals surface area contributed by atoms with E-state index >= 15 is 0 Å². The van der Waals surface area contributed by atoms with Crippen LogP contribution in [0.3, 0.4) is 0 Å². The van der Waals surface area contributed by atoms with E-state index in [1.54, 1.807) is 0 Å². The zero-order valence-electron chi connectivity index (χ0n) is 11.9. The lowest BCUT2D eigenvalue weighted by Crippen LogP contribution is -2.36. The second-order valence-corrected chi connectivity index (χ2v) is 5.05. The Kier molecular flexibility index (Phi) is 5.10. The molecule has 1 fully saturated rings. The number of amides is 1. The molecule has 0 unspecified atom stereocenters. The summed E-state index contributed by atoms with van der Waals surface area (Å²) in [4.78, 5) is 22.4. The Labute approximate surface area is 122 Å². The van der Waals surface area contributed by atoms with Crippen molar-refractivity contribution in [3.8, 4) is 5.75 Å². The van der Waals surface area contributed by atoms with Gasteiger partial charge in [-0.3, -0.25) is 14.9 Å². The summed E-state index contributed by atoms with van der Waals surface area (Å²) in [5.41, 5.74) is 0.221. The quantitative estimate of drug-likeness (QED) is 0.631. The molecule has 1 saturated heterocycles. The van der Waals surface area contributed by atoms with Crippen LogP contribution >= 0.6 is 0 Å². The maximum Gasteiger partial charge on any atom is 0.273 e. The molecule has 0 spiro atoms. The third-order valence-electron chi connectivity index (χ3n) is 3.65. The molecule has 0 aromatic heterocycles. The Bertz CT molecular complexity index is 527. The SMILES string of the molecule is COc1cc([N+](=O)[O-])ccc1C(=O)NCC1CCNCC1. The van der Waals surface area contributed by atoms with Crippen LogP contribution in [0.1, 0.15) is 23.2 Å². The number of ether oxygens (including phenoxy) is 1. The molecule has 1 amide bonds. The van der Waals surface area contributed by atoms with E-state index in [-0.39, 0.29) is 17.3 Å². The maximum absolute atomic E-state index is 12.2. The molecule has 21 heavy (non-hydrogen) atoms. The van der Waals surface area contributed by atoms with Gasteiger partial charge in [-0.1, -0.05) is 0 Å². The van der Waals surface area contributed by atoms with E-state index in [0.717, 1.165) is 25.9 Å². The standard InChI is InChI=1S/C14H19N3O4/c1-21-13-8-11(17(19)20)2-3-12(13)14(18)16-9-10-4-6-15-7-5-10/h2-3,8,10,15H,4-7,9H2,1H3,(H,16,18). The van der Waals surface area contributed by atoms with Crippen LogP contribution < -0.4 is 15.4 Å². The van der Waals surface area contributed by atoms with Gasteiger partial charge in [0, 0.05) is 12.6 Å². The molecule has 1 aromatic carbocycles. The summed E-state index contributed by atoms with van der Waals surface area (Å²) >= 11 is 0. The number of nitro groups is 1. The third-order valence-corrected chi connectivity index (χ3v) is 3.65. The Hall–Kier alpha value is -2.15. The van der Waals surface area contributed by atoms with Gasteiger partial charge < -0.3 is 15.4 Å². The van der Waals surface area contributed by atoms with E-state index in [1.165, 1.54) is 25.3 Å². The van der Waals surface area contributed by atoms with Crippen molar-refractivity contribution in [1.29, 1.82) is 0 Å². The predicted molar refractivity (Wildman–Crippen MR) is 77.6 cm³/mol. The van der Waals surface area contributed by atoms with Crippen molar-refractivity contribution in [2.75, 3.05) is 26.7 Å². The van der Waals surface area contributed by atoms with Gasteiger partial charge in [-0.15, -0.1) is 0 Å². The molecule has 0 bridgehead atoms. The average Bonchev–Trinajstić information content (AvgIpc) is 2.52. The van der Waals surface area contributed by atoms with Crippen LogP contribution in [0.4, 0.5) is 5.69 Å². The summed E-state index contributed by atoms with van der Waals surface area (Å²) in [6.45, 7) is 2.56. The number of nitrogens with zero attached hydrogens (tertiary/aromatic N) is 1. The minimum atomic E-state index is -0.515. The molecule has 0 aliphatic carbocycles. The van der Waals surface area contributed by atoms with E-state index in [9.17, 15) is 14.9 Å². The highest BCUT2D eigenvalue weighted by atomic mass is 16.6. The molecule has 1 aliphatic heterocycles. The number of benzene rings is 1. The van der Waals surface area contributed by atoms with Crippen molar-refractivity contribution in [3.05, 3.63) is 33.9 Å². The number of hydrogen-bond acceptors (Lipinski definition) is 5. The number of carbonyl (C=O) groups excluding carboxylic acids is 1. The van der Waals surface area contributed by atoms with E-state index in [1.807, 2.05) is 0 Å². The minimum absolute atomic E-state index is 0.0956. The summed E-state index contributed by atoms with van der Waals surface area (Å²) in [6.07, 6.45) is 2.08. The van der Waals surface area contributed by atoms with Gasteiger partial charge in [-0.25, -0.2) is 0 Å². The van der Waals surface area contributed by atoms with Gasteiger partial charge >= 0.3 is 0 Å². The van der Waals surface area contributed by atoms with E-state index in [2.05, 4.69) is 10.6 Å². The van der Waals surface area contributed by atoms with Gasteiger partial charge in [-0.2, -0.15) is 0 Å². The second-order valence-electron chi connectivity index (χ2n) is 5.05. The molecular weight excluding hydrogens is 274 g/mol. The summed E-state index contributed by atoms with van der Waals surface area (Å²) < 4.78 is 5.07. The monoisotopic (exact) mass is 293 g/mol. The average molecular weight is 293 g/mol. The largest absolute Gasteiger partial charge is 0.496 e. The lowest BCUT2D eigenvalue weighted by Gasteiger charge is -2.22. The van der Waals surface area contributed by atoms with E-state index in [0.29, 0.717) is 18.0 Å². The third kappa shape index (κ3) is 3.91. The molecular formula is C14H19N3O4. The second kappa shape index (κ2) is 7.03. The van der Waals surface area contributed by atoms with Crippen molar-refractivity contribution in [2.45, 2.75) is 12.8 Å². The smallest absolute Gasteiger partial charge is 0.273 e. The molecule has 2 N–H and O–H groups in total. The maximum atomic E-state index is 12.2.